The molecule has 0 aromatic rings. The number of urea groups is 1. The molecule has 0 spiro atoms. The fraction of sp³-hybridized carbons (Fsp3) is 0.667. The Balaban J connectivity index is 3.58. The Morgan fingerprint density at radius 3 is 2.50 bits per heavy atom. The molecule has 2 N–H and O–H groups in total. The van der Waals surface area contributed by atoms with Gasteiger partial charge in [-0.25, -0.2) is 4.79 Å². The van der Waals surface area contributed by atoms with Gasteiger partial charge < -0.3 is 10.6 Å². The molecule has 0 radical (unpaired) electrons. The first kappa shape index (κ1) is 11.0. The Morgan fingerprint density at radius 2 is 2.08 bits per heavy atom. The van der Waals surface area contributed by atoms with Crippen molar-refractivity contribution in [1.29, 1.82) is 0 Å². The van der Waals surface area contributed by atoms with Gasteiger partial charge in [0.15, 0.2) is 0 Å². The monoisotopic (exact) mass is 170 g/mol. The van der Waals surface area contributed by atoms with E-state index < -0.39 is 0 Å². The molecule has 0 aliphatic heterocycles. The molecule has 0 atom stereocenters. The van der Waals surface area contributed by atoms with Gasteiger partial charge in [0, 0.05) is 12.6 Å². The molecule has 0 aromatic heterocycles. The highest BCUT2D eigenvalue weighted by molar-refractivity contribution is 5.74. The first-order valence-electron chi connectivity index (χ1n) is 4.39. The van der Waals surface area contributed by atoms with Crippen LogP contribution in [0.4, 0.5) is 4.79 Å². The lowest BCUT2D eigenvalue weighted by Crippen LogP contribution is -2.41. The van der Waals surface area contributed by atoms with Crippen molar-refractivity contribution in [2.75, 3.05) is 6.54 Å². The number of hydrogen-bond donors (Lipinski definition) is 2. The third-order valence-electron chi connectivity index (χ3n) is 1.73. The zero-order valence-electron chi connectivity index (χ0n) is 7.89. The maximum Gasteiger partial charge on any atom is 0.315 e. The highest BCUT2D eigenvalue weighted by Gasteiger charge is 2.05. The van der Waals surface area contributed by atoms with Gasteiger partial charge in [0.1, 0.15) is 0 Å². The Labute approximate surface area is 74.2 Å². The molecular formula is C9H18N2O. The van der Waals surface area contributed by atoms with Gasteiger partial charge in [-0.2, -0.15) is 0 Å². The van der Waals surface area contributed by atoms with Gasteiger partial charge in [0.05, 0.1) is 0 Å². The summed E-state index contributed by atoms with van der Waals surface area (Å²) in [6, 6.07) is 0.179. The van der Waals surface area contributed by atoms with Gasteiger partial charge in [-0.1, -0.05) is 19.9 Å². The van der Waals surface area contributed by atoms with E-state index in [0.29, 0.717) is 6.54 Å². The van der Waals surface area contributed by atoms with Crippen molar-refractivity contribution in [3.05, 3.63) is 12.7 Å². The van der Waals surface area contributed by atoms with Crippen molar-refractivity contribution in [2.24, 2.45) is 0 Å². The Morgan fingerprint density at radius 1 is 1.50 bits per heavy atom. The summed E-state index contributed by atoms with van der Waals surface area (Å²) in [5.41, 5.74) is 0. The van der Waals surface area contributed by atoms with Crippen LogP contribution in [-0.2, 0) is 0 Å². The van der Waals surface area contributed by atoms with Crippen molar-refractivity contribution in [2.45, 2.75) is 32.7 Å². The van der Waals surface area contributed by atoms with Crippen molar-refractivity contribution >= 4 is 6.03 Å². The molecule has 70 valence electrons. The average molecular weight is 170 g/mol. The van der Waals surface area contributed by atoms with Crippen LogP contribution in [0.25, 0.3) is 0 Å². The van der Waals surface area contributed by atoms with Gasteiger partial charge in [0.25, 0.3) is 0 Å². The van der Waals surface area contributed by atoms with Crippen molar-refractivity contribution < 1.29 is 4.79 Å². The Hall–Kier alpha value is -0.990. The van der Waals surface area contributed by atoms with Crippen LogP contribution in [0.2, 0.25) is 0 Å². The predicted octanol–water partition coefficient (Wildman–Crippen LogP) is 1.66. The molecule has 0 saturated heterocycles. The SMILES string of the molecule is C=CCNC(=O)NC(CC)CC. The summed E-state index contributed by atoms with van der Waals surface area (Å²) < 4.78 is 0. The number of hydrogen-bond acceptors (Lipinski definition) is 1. The fourth-order valence-electron chi connectivity index (χ4n) is 0.894. The number of carbonyl (C=O) groups is 1. The van der Waals surface area contributed by atoms with E-state index in [1.165, 1.54) is 0 Å². The van der Waals surface area contributed by atoms with Crippen molar-refractivity contribution in [3.8, 4) is 0 Å². The second-order valence-electron chi connectivity index (χ2n) is 2.66. The van der Waals surface area contributed by atoms with E-state index in [0.717, 1.165) is 12.8 Å². The normalized spacial score (nSPS) is 9.58. The molecule has 3 nitrogen and oxygen atoms in total. The number of nitrogens with one attached hydrogen (secondary N) is 2. The third kappa shape index (κ3) is 4.77. The molecule has 0 heterocycles. The second-order valence-corrected chi connectivity index (χ2v) is 2.66. The van der Waals surface area contributed by atoms with Gasteiger partial charge in [-0.3, -0.25) is 0 Å². The van der Waals surface area contributed by atoms with Crippen molar-refractivity contribution in [3.63, 3.8) is 0 Å². The maximum atomic E-state index is 11.1. The molecule has 0 bridgehead atoms. The summed E-state index contributed by atoms with van der Waals surface area (Å²) in [7, 11) is 0. The van der Waals surface area contributed by atoms with Gasteiger partial charge in [0.2, 0.25) is 0 Å². The number of amides is 2. The number of carbonyl (C=O) groups excluding carboxylic acids is 1. The standard InChI is InChI=1S/C9H18N2O/c1-4-7-10-9(12)11-8(5-2)6-3/h4,8H,1,5-7H2,2-3H3,(H2,10,11,12). The zero-order valence-corrected chi connectivity index (χ0v) is 7.89. The molecule has 0 saturated carbocycles. The van der Waals surface area contributed by atoms with E-state index in [-0.39, 0.29) is 12.1 Å². The van der Waals surface area contributed by atoms with E-state index in [1.54, 1.807) is 6.08 Å². The minimum atomic E-state index is -0.108. The highest BCUT2D eigenvalue weighted by atomic mass is 16.2. The van der Waals surface area contributed by atoms with Crippen molar-refractivity contribution in [1.82, 2.24) is 10.6 Å². The highest BCUT2D eigenvalue weighted by Crippen LogP contribution is 1.94. The van der Waals surface area contributed by atoms with Gasteiger partial charge in [-0.05, 0) is 12.8 Å². The summed E-state index contributed by atoms with van der Waals surface area (Å²) >= 11 is 0. The molecule has 2 amide bonds. The van der Waals surface area contributed by atoms with Crippen LogP contribution in [0, 0.1) is 0 Å². The summed E-state index contributed by atoms with van der Waals surface area (Å²) in [4.78, 5) is 11.1. The van der Waals surface area contributed by atoms with Gasteiger partial charge >= 0.3 is 6.03 Å². The lowest BCUT2D eigenvalue weighted by molar-refractivity contribution is 0.237. The average Bonchev–Trinajstić information content (AvgIpc) is 2.10. The largest absolute Gasteiger partial charge is 0.335 e. The molecule has 0 aromatic carbocycles. The maximum absolute atomic E-state index is 11.1. The molecule has 12 heavy (non-hydrogen) atoms. The lowest BCUT2D eigenvalue weighted by atomic mass is 10.2. The van der Waals surface area contributed by atoms with Crippen LogP contribution in [0.1, 0.15) is 26.7 Å². The Kier molecular flexibility index (Phi) is 6.15. The van der Waals surface area contributed by atoms with E-state index >= 15 is 0 Å². The van der Waals surface area contributed by atoms with Crippen LogP contribution in [0.15, 0.2) is 12.7 Å². The predicted molar refractivity (Wildman–Crippen MR) is 51.1 cm³/mol. The van der Waals surface area contributed by atoms with Crippen LogP contribution in [-0.4, -0.2) is 18.6 Å². The zero-order chi connectivity index (χ0) is 9.40. The van der Waals surface area contributed by atoms with Crippen LogP contribution < -0.4 is 10.6 Å². The summed E-state index contributed by atoms with van der Waals surface area (Å²) in [6.07, 6.45) is 3.60. The molecule has 0 aliphatic rings. The quantitative estimate of drug-likeness (QED) is 0.605. The molecular weight excluding hydrogens is 152 g/mol. The fourth-order valence-corrected chi connectivity index (χ4v) is 0.894. The molecule has 0 fully saturated rings. The van der Waals surface area contributed by atoms with E-state index in [4.69, 9.17) is 0 Å². The van der Waals surface area contributed by atoms with E-state index in [9.17, 15) is 4.79 Å². The smallest absolute Gasteiger partial charge is 0.315 e. The van der Waals surface area contributed by atoms with Crippen LogP contribution in [0.3, 0.4) is 0 Å². The van der Waals surface area contributed by atoms with Crippen LogP contribution in [0.5, 0.6) is 0 Å². The minimum Gasteiger partial charge on any atom is -0.335 e. The summed E-state index contributed by atoms with van der Waals surface area (Å²) in [6.45, 7) is 8.14. The van der Waals surface area contributed by atoms with Gasteiger partial charge in [-0.15, -0.1) is 6.58 Å². The third-order valence-corrected chi connectivity index (χ3v) is 1.73. The van der Waals surface area contributed by atoms with E-state index in [1.807, 2.05) is 0 Å². The minimum absolute atomic E-state index is 0.108. The summed E-state index contributed by atoms with van der Waals surface area (Å²) in [5, 5.41) is 5.52. The molecule has 0 rings (SSSR count). The molecule has 0 unspecified atom stereocenters. The second kappa shape index (κ2) is 6.70. The van der Waals surface area contributed by atoms with E-state index in [2.05, 4.69) is 31.1 Å². The molecule has 3 heteroatoms. The first-order valence-corrected chi connectivity index (χ1v) is 4.39. The summed E-state index contributed by atoms with van der Waals surface area (Å²) in [5.74, 6) is 0. The van der Waals surface area contributed by atoms with Crippen LogP contribution >= 0.6 is 0 Å². The molecule has 0 aliphatic carbocycles. The topological polar surface area (TPSA) is 41.1 Å². The number of rotatable bonds is 5. The Bertz CT molecular complexity index is 141. The first-order chi connectivity index (χ1) is 5.74. The lowest BCUT2D eigenvalue weighted by Gasteiger charge is -2.14.